The molecule has 0 aliphatic rings. The van der Waals surface area contributed by atoms with Gasteiger partial charge in [-0.1, -0.05) is 29.8 Å². The highest BCUT2D eigenvalue weighted by molar-refractivity contribution is 6.30. The average Bonchev–Trinajstić information content (AvgIpc) is 2.32. The zero-order valence-corrected chi connectivity index (χ0v) is 11.4. The maximum Gasteiger partial charge on any atom is 0.0594 e. The fourth-order valence-electron chi connectivity index (χ4n) is 1.96. The molecular weight excluding hydrogens is 244 g/mol. The van der Waals surface area contributed by atoms with E-state index in [0.29, 0.717) is 0 Å². The van der Waals surface area contributed by atoms with Crippen LogP contribution in [-0.2, 0) is 6.42 Å². The summed E-state index contributed by atoms with van der Waals surface area (Å²) < 4.78 is 0. The van der Waals surface area contributed by atoms with E-state index < -0.39 is 0 Å². The Balaban J connectivity index is 2.20. The van der Waals surface area contributed by atoms with Crippen LogP contribution >= 0.6 is 11.6 Å². The van der Waals surface area contributed by atoms with E-state index >= 15 is 0 Å². The molecule has 2 aromatic rings. The molecule has 2 aromatic carbocycles. The number of halogens is 1. The quantitative estimate of drug-likeness (QED) is 0.855. The largest absolute Gasteiger partial charge is 0.397 e. The van der Waals surface area contributed by atoms with E-state index in [1.54, 1.807) is 0 Å². The van der Waals surface area contributed by atoms with Gasteiger partial charge in [0.15, 0.2) is 0 Å². The number of benzene rings is 2. The highest BCUT2D eigenvalue weighted by atomic mass is 35.5. The average molecular weight is 261 g/mol. The van der Waals surface area contributed by atoms with Gasteiger partial charge in [-0.3, -0.25) is 0 Å². The van der Waals surface area contributed by atoms with E-state index in [1.807, 2.05) is 49.3 Å². The second kappa shape index (κ2) is 5.32. The van der Waals surface area contributed by atoms with E-state index in [9.17, 15) is 0 Å². The predicted octanol–water partition coefficient (Wildman–Crippen LogP) is 3.58. The van der Waals surface area contributed by atoms with Crippen molar-refractivity contribution in [2.75, 3.05) is 24.7 Å². The van der Waals surface area contributed by atoms with Crippen LogP contribution in [0.2, 0.25) is 5.02 Å². The Labute approximate surface area is 113 Å². The van der Waals surface area contributed by atoms with Crippen LogP contribution in [0.3, 0.4) is 0 Å². The van der Waals surface area contributed by atoms with Crippen LogP contribution in [-0.4, -0.2) is 14.1 Å². The van der Waals surface area contributed by atoms with E-state index in [-0.39, 0.29) is 0 Å². The molecule has 0 radical (unpaired) electrons. The summed E-state index contributed by atoms with van der Waals surface area (Å²) in [6.45, 7) is 0. The van der Waals surface area contributed by atoms with Crippen molar-refractivity contribution >= 4 is 23.0 Å². The fraction of sp³-hybridized carbons (Fsp3) is 0.200. The first-order valence-corrected chi connectivity index (χ1v) is 6.24. The molecule has 0 bridgehead atoms. The minimum absolute atomic E-state index is 0.765. The molecule has 0 aliphatic carbocycles. The third kappa shape index (κ3) is 2.96. The molecule has 2 rings (SSSR count). The van der Waals surface area contributed by atoms with Gasteiger partial charge in [0.05, 0.1) is 11.4 Å². The maximum absolute atomic E-state index is 6.04. The number of hydrogen-bond acceptors (Lipinski definition) is 2. The minimum Gasteiger partial charge on any atom is -0.397 e. The van der Waals surface area contributed by atoms with Crippen LogP contribution in [0.15, 0.2) is 42.5 Å². The molecule has 0 aromatic heterocycles. The normalized spacial score (nSPS) is 10.4. The van der Waals surface area contributed by atoms with Gasteiger partial charge in [-0.05, 0) is 41.8 Å². The van der Waals surface area contributed by atoms with Crippen LogP contribution in [0.25, 0.3) is 0 Å². The SMILES string of the molecule is CN(C)c1ccc(Cc2ccc(Cl)cc2)cc1N. The van der Waals surface area contributed by atoms with Crippen molar-refractivity contribution in [1.29, 1.82) is 0 Å². The molecule has 0 aliphatic heterocycles. The summed E-state index contributed by atoms with van der Waals surface area (Å²) in [4.78, 5) is 2.02. The number of nitrogens with zero attached hydrogens (tertiary/aromatic N) is 1. The number of rotatable bonds is 3. The first-order chi connectivity index (χ1) is 8.56. The Bertz CT molecular complexity index is 533. The third-order valence-electron chi connectivity index (χ3n) is 2.90. The van der Waals surface area contributed by atoms with E-state index in [2.05, 4.69) is 12.1 Å². The Morgan fingerprint density at radius 3 is 2.17 bits per heavy atom. The standard InChI is InChI=1S/C15H17ClN2/c1-18(2)15-8-5-12(10-14(15)17)9-11-3-6-13(16)7-4-11/h3-8,10H,9,17H2,1-2H3. The van der Waals surface area contributed by atoms with Crippen LogP contribution in [0.4, 0.5) is 11.4 Å². The van der Waals surface area contributed by atoms with Gasteiger partial charge < -0.3 is 10.6 Å². The van der Waals surface area contributed by atoms with Crippen molar-refractivity contribution in [3.63, 3.8) is 0 Å². The van der Waals surface area contributed by atoms with Crippen molar-refractivity contribution in [3.8, 4) is 0 Å². The van der Waals surface area contributed by atoms with Crippen LogP contribution < -0.4 is 10.6 Å². The topological polar surface area (TPSA) is 29.3 Å². The Hall–Kier alpha value is -1.67. The molecule has 0 spiro atoms. The number of nitrogens with two attached hydrogens (primary N) is 1. The van der Waals surface area contributed by atoms with Crippen molar-refractivity contribution in [2.45, 2.75) is 6.42 Å². The molecule has 0 saturated carbocycles. The summed E-state index contributed by atoms with van der Waals surface area (Å²) in [5, 5.41) is 0.765. The van der Waals surface area contributed by atoms with Crippen molar-refractivity contribution in [3.05, 3.63) is 58.6 Å². The number of anilines is 2. The molecule has 0 amide bonds. The smallest absolute Gasteiger partial charge is 0.0594 e. The zero-order chi connectivity index (χ0) is 13.1. The number of hydrogen-bond donors (Lipinski definition) is 1. The molecule has 2 N–H and O–H groups in total. The summed E-state index contributed by atoms with van der Waals surface area (Å²) in [7, 11) is 3.98. The monoisotopic (exact) mass is 260 g/mol. The highest BCUT2D eigenvalue weighted by Gasteiger charge is 2.03. The van der Waals surface area contributed by atoms with E-state index in [4.69, 9.17) is 17.3 Å². The molecule has 0 unspecified atom stereocenters. The van der Waals surface area contributed by atoms with Crippen molar-refractivity contribution in [2.24, 2.45) is 0 Å². The van der Waals surface area contributed by atoms with E-state index in [0.717, 1.165) is 22.8 Å². The maximum atomic E-state index is 6.04. The molecule has 2 nitrogen and oxygen atoms in total. The molecule has 0 fully saturated rings. The molecule has 18 heavy (non-hydrogen) atoms. The molecule has 0 saturated heterocycles. The first-order valence-electron chi connectivity index (χ1n) is 5.86. The molecule has 0 heterocycles. The first kappa shape index (κ1) is 12.8. The lowest BCUT2D eigenvalue weighted by atomic mass is 10.0. The molecule has 0 atom stereocenters. The summed E-state index contributed by atoms with van der Waals surface area (Å²) in [6, 6.07) is 14.1. The van der Waals surface area contributed by atoms with Gasteiger partial charge in [0, 0.05) is 19.1 Å². The van der Waals surface area contributed by atoms with E-state index in [1.165, 1.54) is 11.1 Å². The van der Waals surface area contributed by atoms with Gasteiger partial charge in [-0.2, -0.15) is 0 Å². The van der Waals surface area contributed by atoms with Gasteiger partial charge >= 0.3 is 0 Å². The minimum atomic E-state index is 0.765. The van der Waals surface area contributed by atoms with Crippen LogP contribution in [0.1, 0.15) is 11.1 Å². The lowest BCUT2D eigenvalue weighted by molar-refractivity contribution is 1.12. The summed E-state index contributed by atoms with van der Waals surface area (Å²) >= 11 is 5.87. The third-order valence-corrected chi connectivity index (χ3v) is 3.15. The lowest BCUT2D eigenvalue weighted by Crippen LogP contribution is -2.11. The van der Waals surface area contributed by atoms with Crippen molar-refractivity contribution in [1.82, 2.24) is 0 Å². The van der Waals surface area contributed by atoms with Gasteiger partial charge in [0.2, 0.25) is 0 Å². The van der Waals surface area contributed by atoms with Crippen LogP contribution in [0, 0.1) is 0 Å². The Morgan fingerprint density at radius 1 is 1.00 bits per heavy atom. The summed E-state index contributed by atoms with van der Waals surface area (Å²) in [5.74, 6) is 0. The zero-order valence-electron chi connectivity index (χ0n) is 10.7. The second-order valence-corrected chi connectivity index (χ2v) is 5.03. The van der Waals surface area contributed by atoms with Crippen molar-refractivity contribution < 1.29 is 0 Å². The lowest BCUT2D eigenvalue weighted by Gasteiger charge is -2.16. The van der Waals surface area contributed by atoms with Gasteiger partial charge in [-0.15, -0.1) is 0 Å². The Kier molecular flexibility index (Phi) is 3.78. The molecule has 3 heteroatoms. The summed E-state index contributed by atoms with van der Waals surface area (Å²) in [6.07, 6.45) is 0.870. The Morgan fingerprint density at radius 2 is 1.61 bits per heavy atom. The summed E-state index contributed by atoms with van der Waals surface area (Å²) in [5.41, 5.74) is 10.3. The van der Waals surface area contributed by atoms with Gasteiger partial charge in [-0.25, -0.2) is 0 Å². The fourth-order valence-corrected chi connectivity index (χ4v) is 2.09. The molecular formula is C15H17ClN2. The molecule has 94 valence electrons. The highest BCUT2D eigenvalue weighted by Crippen LogP contribution is 2.24. The van der Waals surface area contributed by atoms with Crippen LogP contribution in [0.5, 0.6) is 0 Å². The van der Waals surface area contributed by atoms with Gasteiger partial charge in [0.1, 0.15) is 0 Å². The van der Waals surface area contributed by atoms with Gasteiger partial charge in [0.25, 0.3) is 0 Å². The second-order valence-electron chi connectivity index (χ2n) is 4.59. The predicted molar refractivity (Wildman–Crippen MR) is 79.4 cm³/mol. The number of nitrogen functional groups attached to an aromatic ring is 1.